The van der Waals surface area contributed by atoms with Crippen LogP contribution in [-0.4, -0.2) is 13.1 Å². The summed E-state index contributed by atoms with van der Waals surface area (Å²) in [6.07, 6.45) is 8.83. The second-order valence-electron chi connectivity index (χ2n) is 4.66. The minimum absolute atomic E-state index is 0.807. The van der Waals surface area contributed by atoms with Crippen LogP contribution in [0, 0.1) is 11.3 Å². The van der Waals surface area contributed by atoms with E-state index in [1.165, 1.54) is 51.6 Å². The maximum atomic E-state index is 3.54. The Hall–Kier alpha value is -0.0400. The van der Waals surface area contributed by atoms with E-state index in [9.17, 15) is 0 Å². The third-order valence-corrected chi connectivity index (χ3v) is 4.04. The fraction of sp³-hybridized carbons (Fsp3) is 1.00. The van der Waals surface area contributed by atoms with E-state index in [-0.39, 0.29) is 0 Å². The van der Waals surface area contributed by atoms with Crippen molar-refractivity contribution in [2.75, 3.05) is 13.1 Å². The van der Waals surface area contributed by atoms with E-state index in [1.807, 2.05) is 0 Å². The van der Waals surface area contributed by atoms with E-state index in [2.05, 4.69) is 12.2 Å². The zero-order valence-corrected chi connectivity index (χ0v) is 8.23. The lowest BCUT2D eigenvalue weighted by molar-refractivity contribution is 0.0124. The van der Waals surface area contributed by atoms with Crippen LogP contribution >= 0.6 is 0 Å². The summed E-state index contributed by atoms with van der Waals surface area (Å²) in [5, 5.41) is 3.54. The molecule has 0 aromatic heterocycles. The highest BCUT2D eigenvalue weighted by atomic mass is 14.9. The summed E-state index contributed by atoms with van der Waals surface area (Å²) >= 11 is 0. The molecule has 2 aliphatic rings. The lowest BCUT2D eigenvalue weighted by atomic mass is 9.57. The molecule has 12 heavy (non-hydrogen) atoms. The molecule has 1 N–H and O–H groups in total. The van der Waals surface area contributed by atoms with Gasteiger partial charge in [-0.05, 0) is 50.1 Å². The van der Waals surface area contributed by atoms with Crippen molar-refractivity contribution >= 4 is 0 Å². The zero-order valence-electron chi connectivity index (χ0n) is 8.23. The summed E-state index contributed by atoms with van der Waals surface area (Å²) < 4.78 is 0. The number of rotatable bonds is 2. The molecule has 1 saturated heterocycles. The van der Waals surface area contributed by atoms with Gasteiger partial charge in [0.15, 0.2) is 0 Å². The first kappa shape index (κ1) is 8.55. The van der Waals surface area contributed by atoms with Crippen molar-refractivity contribution in [3.63, 3.8) is 0 Å². The van der Waals surface area contributed by atoms with Gasteiger partial charge in [0.2, 0.25) is 0 Å². The van der Waals surface area contributed by atoms with Gasteiger partial charge < -0.3 is 5.32 Å². The van der Waals surface area contributed by atoms with Gasteiger partial charge in [-0.1, -0.05) is 19.8 Å². The molecule has 0 amide bonds. The highest BCUT2D eigenvalue weighted by molar-refractivity contribution is 4.96. The van der Waals surface area contributed by atoms with Crippen molar-refractivity contribution in [3.8, 4) is 0 Å². The number of piperidine rings is 1. The molecule has 0 bridgehead atoms. The molecule has 1 atom stereocenters. The van der Waals surface area contributed by atoms with Crippen LogP contribution in [0.15, 0.2) is 0 Å². The predicted molar refractivity (Wildman–Crippen MR) is 52.2 cm³/mol. The molecular weight excluding hydrogens is 146 g/mol. The summed E-state index contributed by atoms with van der Waals surface area (Å²) in [4.78, 5) is 0. The van der Waals surface area contributed by atoms with Crippen LogP contribution in [-0.2, 0) is 0 Å². The Labute approximate surface area is 75.9 Å². The maximum Gasteiger partial charge on any atom is -0.00152 e. The van der Waals surface area contributed by atoms with Gasteiger partial charge in [0, 0.05) is 0 Å². The summed E-state index contributed by atoms with van der Waals surface area (Å²) in [6.45, 7) is 4.90. The fourth-order valence-corrected chi connectivity index (χ4v) is 3.08. The number of nitrogens with one attached hydrogen (secondary N) is 1. The monoisotopic (exact) mass is 167 g/mol. The van der Waals surface area contributed by atoms with Crippen LogP contribution in [0.1, 0.15) is 45.4 Å². The summed E-state index contributed by atoms with van der Waals surface area (Å²) in [5.41, 5.74) is 0.807. The van der Waals surface area contributed by atoms with Gasteiger partial charge in [-0.2, -0.15) is 0 Å². The molecule has 1 heterocycles. The first-order chi connectivity index (χ1) is 5.87. The minimum atomic E-state index is 0.807. The van der Waals surface area contributed by atoms with Crippen molar-refractivity contribution in [3.05, 3.63) is 0 Å². The average Bonchev–Trinajstić information content (AvgIpc) is 2.03. The van der Waals surface area contributed by atoms with Crippen molar-refractivity contribution < 1.29 is 0 Å². The van der Waals surface area contributed by atoms with Gasteiger partial charge in [-0.15, -0.1) is 0 Å². The molecule has 1 unspecified atom stereocenters. The predicted octanol–water partition coefficient (Wildman–Crippen LogP) is 2.57. The lowest BCUT2D eigenvalue weighted by Crippen LogP contribution is -2.48. The molecule has 1 saturated carbocycles. The minimum Gasteiger partial charge on any atom is -0.316 e. The van der Waals surface area contributed by atoms with Crippen LogP contribution in [0.25, 0.3) is 0 Å². The highest BCUT2D eigenvalue weighted by Crippen LogP contribution is 2.52. The highest BCUT2D eigenvalue weighted by Gasteiger charge is 2.44. The number of hydrogen-bond acceptors (Lipinski definition) is 1. The third-order valence-electron chi connectivity index (χ3n) is 4.04. The summed E-state index contributed by atoms with van der Waals surface area (Å²) in [6, 6.07) is 0. The Morgan fingerprint density at radius 1 is 1.33 bits per heavy atom. The van der Waals surface area contributed by atoms with E-state index in [0.717, 1.165) is 11.3 Å². The fourth-order valence-electron chi connectivity index (χ4n) is 3.08. The largest absolute Gasteiger partial charge is 0.316 e. The maximum absolute atomic E-state index is 3.54. The molecule has 2 rings (SSSR count). The zero-order chi connectivity index (χ0) is 8.44. The van der Waals surface area contributed by atoms with E-state index < -0.39 is 0 Å². The van der Waals surface area contributed by atoms with E-state index in [4.69, 9.17) is 0 Å². The van der Waals surface area contributed by atoms with Crippen LogP contribution in [0.5, 0.6) is 0 Å². The second kappa shape index (κ2) is 3.37. The average molecular weight is 167 g/mol. The van der Waals surface area contributed by atoms with E-state index in [1.54, 1.807) is 0 Å². The van der Waals surface area contributed by atoms with Gasteiger partial charge in [-0.3, -0.25) is 0 Å². The van der Waals surface area contributed by atoms with Crippen molar-refractivity contribution in [2.45, 2.75) is 45.4 Å². The standard InChI is InChI=1S/C11H21N/c1-2-4-10-9-12-8-7-11(10)5-3-6-11/h10,12H,2-9H2,1H3. The lowest BCUT2D eigenvalue weighted by Gasteiger charge is -2.51. The van der Waals surface area contributed by atoms with Crippen LogP contribution in [0.4, 0.5) is 0 Å². The first-order valence-corrected chi connectivity index (χ1v) is 5.58. The molecule has 1 heteroatoms. The Bertz CT molecular complexity index is 147. The van der Waals surface area contributed by atoms with E-state index in [0.29, 0.717) is 0 Å². The molecule has 70 valence electrons. The first-order valence-electron chi connectivity index (χ1n) is 5.58. The van der Waals surface area contributed by atoms with Gasteiger partial charge in [0.25, 0.3) is 0 Å². The summed E-state index contributed by atoms with van der Waals surface area (Å²) in [7, 11) is 0. The van der Waals surface area contributed by atoms with E-state index >= 15 is 0 Å². The van der Waals surface area contributed by atoms with Gasteiger partial charge in [-0.25, -0.2) is 0 Å². The molecule has 1 nitrogen and oxygen atoms in total. The Balaban J connectivity index is 1.97. The smallest absolute Gasteiger partial charge is 0.00152 e. The molecule has 2 fully saturated rings. The SMILES string of the molecule is CCCC1CNCCC12CCC2. The van der Waals surface area contributed by atoms with Crippen LogP contribution < -0.4 is 5.32 Å². The number of hydrogen-bond donors (Lipinski definition) is 1. The summed E-state index contributed by atoms with van der Waals surface area (Å²) in [5.74, 6) is 1.00. The topological polar surface area (TPSA) is 12.0 Å². The quantitative estimate of drug-likeness (QED) is 0.666. The molecule has 1 aliphatic carbocycles. The Morgan fingerprint density at radius 2 is 2.17 bits per heavy atom. The van der Waals surface area contributed by atoms with Gasteiger partial charge >= 0.3 is 0 Å². The molecule has 0 aromatic rings. The van der Waals surface area contributed by atoms with Crippen molar-refractivity contribution in [1.29, 1.82) is 0 Å². The van der Waals surface area contributed by atoms with Crippen molar-refractivity contribution in [1.82, 2.24) is 5.32 Å². The third kappa shape index (κ3) is 1.28. The molecule has 0 radical (unpaired) electrons. The second-order valence-corrected chi connectivity index (χ2v) is 4.66. The molecule has 0 aromatic carbocycles. The van der Waals surface area contributed by atoms with Crippen molar-refractivity contribution in [2.24, 2.45) is 11.3 Å². The molecule has 1 aliphatic heterocycles. The van der Waals surface area contributed by atoms with Gasteiger partial charge in [0.05, 0.1) is 0 Å². The van der Waals surface area contributed by atoms with Crippen LogP contribution in [0.2, 0.25) is 0 Å². The molecular formula is C11H21N. The van der Waals surface area contributed by atoms with Gasteiger partial charge in [0.1, 0.15) is 0 Å². The molecule has 1 spiro atoms. The normalized spacial score (nSPS) is 33.2. The van der Waals surface area contributed by atoms with Crippen LogP contribution in [0.3, 0.4) is 0 Å². The Morgan fingerprint density at radius 3 is 2.75 bits per heavy atom. The Kier molecular flexibility index (Phi) is 2.40.